The number of aromatic nitrogens is 2. The van der Waals surface area contributed by atoms with Crippen LogP contribution < -0.4 is 0 Å². The summed E-state index contributed by atoms with van der Waals surface area (Å²) in [6.07, 6.45) is 1.41. The third-order valence-corrected chi connectivity index (χ3v) is 2.59. The molecule has 1 aromatic carbocycles. The van der Waals surface area contributed by atoms with E-state index >= 15 is 0 Å². The maximum Gasteiger partial charge on any atom is 0.150 e. The molecule has 0 bridgehead atoms. The Morgan fingerprint density at radius 1 is 1.27 bits per heavy atom. The Balaban J connectivity index is 2.61. The van der Waals surface area contributed by atoms with Gasteiger partial charge in [-0.1, -0.05) is 35.3 Å². The van der Waals surface area contributed by atoms with E-state index in [-0.39, 0.29) is 5.15 Å². The van der Waals surface area contributed by atoms with E-state index in [2.05, 4.69) is 5.10 Å². The van der Waals surface area contributed by atoms with Crippen LogP contribution in [0.4, 0.5) is 0 Å². The molecule has 0 aliphatic heterocycles. The molecule has 2 rings (SSSR count). The first-order chi connectivity index (χ1) is 7.24. The molecule has 0 amide bonds. The normalized spacial score (nSPS) is 9.93. The summed E-state index contributed by atoms with van der Waals surface area (Å²) < 4.78 is 1.43. The molecule has 3 nitrogen and oxygen atoms in total. The lowest BCUT2D eigenvalue weighted by atomic mass is 10.3. The zero-order valence-corrected chi connectivity index (χ0v) is 9.00. The maximum atomic E-state index is 8.73. The highest BCUT2D eigenvalue weighted by molar-refractivity contribution is 6.33. The fourth-order valence-electron chi connectivity index (χ4n) is 1.20. The molecule has 0 radical (unpaired) electrons. The highest BCUT2D eigenvalue weighted by Crippen LogP contribution is 2.24. The third kappa shape index (κ3) is 1.70. The smallest absolute Gasteiger partial charge is 0.150 e. The average molecular weight is 238 g/mol. The maximum absolute atomic E-state index is 8.73. The van der Waals surface area contributed by atoms with E-state index < -0.39 is 0 Å². The first kappa shape index (κ1) is 10.0. The molecule has 0 unspecified atom stereocenters. The highest BCUT2D eigenvalue weighted by atomic mass is 35.5. The number of nitriles is 1. The summed E-state index contributed by atoms with van der Waals surface area (Å²) in [5, 5.41) is 13.5. The topological polar surface area (TPSA) is 41.6 Å². The van der Waals surface area contributed by atoms with Gasteiger partial charge in [0.1, 0.15) is 11.6 Å². The van der Waals surface area contributed by atoms with Gasteiger partial charge in [-0.25, -0.2) is 4.68 Å². The predicted molar refractivity (Wildman–Crippen MR) is 58.3 cm³/mol. The van der Waals surface area contributed by atoms with Gasteiger partial charge in [0.05, 0.1) is 16.9 Å². The van der Waals surface area contributed by atoms with Crippen LogP contribution in [0, 0.1) is 11.3 Å². The molecule has 15 heavy (non-hydrogen) atoms. The van der Waals surface area contributed by atoms with E-state index in [9.17, 15) is 0 Å². The van der Waals surface area contributed by atoms with Crippen LogP contribution >= 0.6 is 23.2 Å². The van der Waals surface area contributed by atoms with Gasteiger partial charge in [0.15, 0.2) is 5.15 Å². The number of benzene rings is 1. The molecule has 0 fully saturated rings. The van der Waals surface area contributed by atoms with Crippen molar-refractivity contribution in [3.8, 4) is 11.8 Å². The molecule has 74 valence electrons. The van der Waals surface area contributed by atoms with Crippen molar-refractivity contribution in [2.75, 3.05) is 0 Å². The van der Waals surface area contributed by atoms with Gasteiger partial charge < -0.3 is 0 Å². The monoisotopic (exact) mass is 237 g/mol. The second-order valence-electron chi connectivity index (χ2n) is 2.82. The molecule has 0 saturated heterocycles. The lowest BCUT2D eigenvalue weighted by Crippen LogP contribution is -1.96. The fraction of sp³-hybridized carbons (Fsp3) is 0. The third-order valence-electron chi connectivity index (χ3n) is 1.91. The van der Waals surface area contributed by atoms with Gasteiger partial charge in [0.25, 0.3) is 0 Å². The fourth-order valence-corrected chi connectivity index (χ4v) is 1.64. The minimum atomic E-state index is 0.269. The van der Waals surface area contributed by atoms with E-state index in [1.807, 2.05) is 18.2 Å². The van der Waals surface area contributed by atoms with Crippen molar-refractivity contribution >= 4 is 23.2 Å². The second-order valence-corrected chi connectivity index (χ2v) is 3.59. The summed E-state index contributed by atoms with van der Waals surface area (Å²) in [5.74, 6) is 0. The van der Waals surface area contributed by atoms with Gasteiger partial charge in [-0.3, -0.25) is 0 Å². The predicted octanol–water partition coefficient (Wildman–Crippen LogP) is 3.05. The minimum Gasteiger partial charge on any atom is -0.219 e. The van der Waals surface area contributed by atoms with Gasteiger partial charge >= 0.3 is 0 Å². The van der Waals surface area contributed by atoms with Crippen molar-refractivity contribution < 1.29 is 0 Å². The zero-order valence-electron chi connectivity index (χ0n) is 7.48. The van der Waals surface area contributed by atoms with Crippen molar-refractivity contribution in [1.29, 1.82) is 5.26 Å². The first-order valence-electron chi connectivity index (χ1n) is 4.12. The number of hydrogen-bond donors (Lipinski definition) is 0. The molecule has 0 saturated carbocycles. The van der Waals surface area contributed by atoms with Crippen LogP contribution in [0.1, 0.15) is 5.56 Å². The Labute approximate surface area is 96.5 Å². The van der Waals surface area contributed by atoms with Gasteiger partial charge in [-0.2, -0.15) is 10.4 Å². The van der Waals surface area contributed by atoms with Crippen molar-refractivity contribution in [2.24, 2.45) is 0 Å². The van der Waals surface area contributed by atoms with Gasteiger partial charge in [0, 0.05) is 0 Å². The molecular formula is C10H5Cl2N3. The summed E-state index contributed by atoms with van der Waals surface area (Å²) in [5.41, 5.74) is 0.988. The van der Waals surface area contributed by atoms with E-state index in [1.165, 1.54) is 10.9 Å². The quantitative estimate of drug-likeness (QED) is 0.766. The molecule has 0 aliphatic rings. The standard InChI is InChI=1S/C10H5Cl2N3/c11-8-3-1-2-4-9(8)15-10(12)7(5-13)6-14-15/h1-4,6H. The Hall–Kier alpha value is -1.50. The Kier molecular flexibility index (Phi) is 2.63. The highest BCUT2D eigenvalue weighted by Gasteiger charge is 2.11. The lowest BCUT2D eigenvalue weighted by Gasteiger charge is -2.04. The molecule has 0 spiro atoms. The molecular weight excluding hydrogens is 233 g/mol. The van der Waals surface area contributed by atoms with Crippen molar-refractivity contribution in [1.82, 2.24) is 9.78 Å². The van der Waals surface area contributed by atoms with Crippen molar-refractivity contribution in [2.45, 2.75) is 0 Å². The van der Waals surface area contributed by atoms with Crippen molar-refractivity contribution in [3.63, 3.8) is 0 Å². The SMILES string of the molecule is N#Cc1cnn(-c2ccccc2Cl)c1Cl. The van der Waals surface area contributed by atoms with Crippen LogP contribution in [0.5, 0.6) is 0 Å². The Morgan fingerprint density at radius 3 is 2.60 bits per heavy atom. The first-order valence-corrected chi connectivity index (χ1v) is 4.88. The van der Waals surface area contributed by atoms with Crippen LogP contribution in [-0.2, 0) is 0 Å². The molecule has 0 N–H and O–H groups in total. The van der Waals surface area contributed by atoms with E-state index in [0.29, 0.717) is 16.3 Å². The summed E-state index contributed by atoms with van der Waals surface area (Å²) in [4.78, 5) is 0. The summed E-state index contributed by atoms with van der Waals surface area (Å²) in [6.45, 7) is 0. The van der Waals surface area contributed by atoms with Gasteiger partial charge in [-0.05, 0) is 12.1 Å². The zero-order chi connectivity index (χ0) is 10.8. The number of rotatable bonds is 1. The molecule has 0 aliphatic carbocycles. The molecule has 1 aromatic heterocycles. The number of halogens is 2. The number of hydrogen-bond acceptors (Lipinski definition) is 2. The van der Waals surface area contributed by atoms with E-state index in [1.54, 1.807) is 12.1 Å². The van der Waals surface area contributed by atoms with E-state index in [0.717, 1.165) is 0 Å². The lowest BCUT2D eigenvalue weighted by molar-refractivity contribution is 0.881. The van der Waals surface area contributed by atoms with Gasteiger partial charge in [0.2, 0.25) is 0 Å². The second kappa shape index (κ2) is 3.93. The van der Waals surface area contributed by atoms with E-state index in [4.69, 9.17) is 28.5 Å². The molecule has 1 heterocycles. The Bertz CT molecular complexity index is 540. The largest absolute Gasteiger partial charge is 0.219 e. The van der Waals surface area contributed by atoms with Crippen LogP contribution in [0.15, 0.2) is 30.5 Å². The van der Waals surface area contributed by atoms with Crippen LogP contribution in [0.3, 0.4) is 0 Å². The molecule has 2 aromatic rings. The van der Waals surface area contributed by atoms with Crippen LogP contribution in [0.25, 0.3) is 5.69 Å². The van der Waals surface area contributed by atoms with Crippen LogP contribution in [0.2, 0.25) is 10.2 Å². The summed E-state index contributed by atoms with van der Waals surface area (Å²) in [7, 11) is 0. The molecule has 0 atom stereocenters. The molecule has 5 heteroatoms. The average Bonchev–Trinajstić information content (AvgIpc) is 2.60. The summed E-state index contributed by atoms with van der Waals surface area (Å²) >= 11 is 11.9. The summed E-state index contributed by atoms with van der Waals surface area (Å²) in [6, 6.07) is 9.10. The number of nitrogens with zero attached hydrogens (tertiary/aromatic N) is 3. The minimum absolute atomic E-state index is 0.269. The Morgan fingerprint density at radius 2 is 2.00 bits per heavy atom. The van der Waals surface area contributed by atoms with Gasteiger partial charge in [-0.15, -0.1) is 0 Å². The van der Waals surface area contributed by atoms with Crippen molar-refractivity contribution in [3.05, 3.63) is 46.2 Å². The van der Waals surface area contributed by atoms with Crippen LogP contribution in [-0.4, -0.2) is 9.78 Å². The number of para-hydroxylation sites is 1.